The standard InChI is InChI=1S/C7H6Cl2F2N2/c8-2-5-6(9)3(12)1-4(13-5)7(10)11/h1,7H,2H2,(H2,12,13). The Morgan fingerprint density at radius 1 is 1.54 bits per heavy atom. The van der Waals surface area contributed by atoms with Crippen LogP contribution < -0.4 is 5.73 Å². The maximum Gasteiger partial charge on any atom is 0.280 e. The molecule has 0 atom stereocenters. The normalized spacial score (nSPS) is 10.8. The SMILES string of the molecule is Nc1cc(C(F)F)nc(CCl)c1Cl. The Bertz CT molecular complexity index is 318. The average Bonchev–Trinajstić information content (AvgIpc) is 2.09. The molecule has 0 fully saturated rings. The zero-order valence-corrected chi connectivity index (χ0v) is 7.91. The van der Waals surface area contributed by atoms with Crippen LogP contribution in [0.2, 0.25) is 5.02 Å². The van der Waals surface area contributed by atoms with E-state index >= 15 is 0 Å². The Balaban J connectivity index is 3.22. The van der Waals surface area contributed by atoms with Gasteiger partial charge in [0.05, 0.1) is 22.3 Å². The van der Waals surface area contributed by atoms with Gasteiger partial charge in [-0.25, -0.2) is 13.8 Å². The summed E-state index contributed by atoms with van der Waals surface area (Å²) in [5, 5.41) is 0.138. The van der Waals surface area contributed by atoms with Crippen molar-refractivity contribution >= 4 is 28.9 Å². The molecule has 0 spiro atoms. The molecular weight excluding hydrogens is 221 g/mol. The molecule has 2 nitrogen and oxygen atoms in total. The topological polar surface area (TPSA) is 38.9 Å². The summed E-state index contributed by atoms with van der Waals surface area (Å²) in [6, 6.07) is 1.04. The van der Waals surface area contributed by atoms with E-state index < -0.39 is 12.1 Å². The summed E-state index contributed by atoms with van der Waals surface area (Å²) >= 11 is 11.1. The molecule has 1 rings (SSSR count). The van der Waals surface area contributed by atoms with Gasteiger partial charge in [-0.05, 0) is 6.07 Å². The van der Waals surface area contributed by atoms with Crippen LogP contribution in [0.1, 0.15) is 17.8 Å². The largest absolute Gasteiger partial charge is 0.397 e. The Morgan fingerprint density at radius 2 is 2.15 bits per heavy atom. The molecule has 0 aliphatic rings. The molecule has 0 radical (unpaired) electrons. The third-order valence-corrected chi connectivity index (χ3v) is 2.11. The van der Waals surface area contributed by atoms with Crippen LogP contribution in [0.25, 0.3) is 0 Å². The van der Waals surface area contributed by atoms with Crippen molar-refractivity contribution < 1.29 is 8.78 Å². The summed E-state index contributed by atoms with van der Waals surface area (Å²) in [4.78, 5) is 3.56. The van der Waals surface area contributed by atoms with Gasteiger partial charge in [0, 0.05) is 0 Å². The highest BCUT2D eigenvalue weighted by atomic mass is 35.5. The molecule has 0 aliphatic carbocycles. The van der Waals surface area contributed by atoms with E-state index in [4.69, 9.17) is 28.9 Å². The van der Waals surface area contributed by atoms with E-state index in [0.29, 0.717) is 0 Å². The van der Waals surface area contributed by atoms with Crippen molar-refractivity contribution in [2.75, 3.05) is 5.73 Å². The lowest BCUT2D eigenvalue weighted by atomic mass is 10.3. The summed E-state index contributed by atoms with van der Waals surface area (Å²) < 4.78 is 24.4. The van der Waals surface area contributed by atoms with Gasteiger partial charge in [0.15, 0.2) is 0 Å². The third-order valence-electron chi connectivity index (χ3n) is 1.42. The summed E-state index contributed by atoms with van der Waals surface area (Å²) in [6.45, 7) is 0. The second-order valence-corrected chi connectivity index (χ2v) is 2.98. The number of nitrogen functional groups attached to an aromatic ring is 1. The van der Waals surface area contributed by atoms with Crippen molar-refractivity contribution in [3.05, 3.63) is 22.5 Å². The Hall–Kier alpha value is -0.610. The van der Waals surface area contributed by atoms with E-state index in [-0.39, 0.29) is 22.3 Å². The molecule has 0 saturated carbocycles. The predicted octanol–water partition coefficient (Wildman–Crippen LogP) is 2.99. The van der Waals surface area contributed by atoms with E-state index in [1.54, 1.807) is 0 Å². The maximum atomic E-state index is 12.2. The fourth-order valence-electron chi connectivity index (χ4n) is 0.827. The van der Waals surface area contributed by atoms with E-state index in [1.165, 1.54) is 0 Å². The second kappa shape index (κ2) is 4.07. The second-order valence-electron chi connectivity index (χ2n) is 2.33. The zero-order chi connectivity index (χ0) is 10.0. The van der Waals surface area contributed by atoms with E-state index in [1.807, 2.05) is 0 Å². The Kier molecular flexibility index (Phi) is 3.27. The van der Waals surface area contributed by atoms with Crippen molar-refractivity contribution in [1.29, 1.82) is 0 Å². The summed E-state index contributed by atoms with van der Waals surface area (Å²) in [6.07, 6.45) is -2.67. The molecule has 2 N–H and O–H groups in total. The number of nitrogens with two attached hydrogens (primary N) is 1. The molecule has 1 aromatic heterocycles. The lowest BCUT2D eigenvalue weighted by molar-refractivity contribution is 0.146. The number of nitrogens with zero attached hydrogens (tertiary/aromatic N) is 1. The summed E-state index contributed by atoms with van der Waals surface area (Å²) in [5.74, 6) is -0.0381. The van der Waals surface area contributed by atoms with Gasteiger partial charge in [0.25, 0.3) is 6.43 Å². The highest BCUT2D eigenvalue weighted by molar-refractivity contribution is 6.34. The molecule has 6 heteroatoms. The molecule has 13 heavy (non-hydrogen) atoms. The molecular formula is C7H6Cl2F2N2. The van der Waals surface area contributed by atoms with Gasteiger partial charge in [-0.15, -0.1) is 11.6 Å². The van der Waals surface area contributed by atoms with Gasteiger partial charge in [0.2, 0.25) is 0 Å². The van der Waals surface area contributed by atoms with Gasteiger partial charge in [-0.3, -0.25) is 0 Å². The van der Waals surface area contributed by atoms with Crippen molar-refractivity contribution in [2.24, 2.45) is 0 Å². The minimum atomic E-state index is -2.67. The average molecular weight is 227 g/mol. The summed E-state index contributed by atoms with van der Waals surface area (Å²) in [7, 11) is 0. The first-order valence-electron chi connectivity index (χ1n) is 3.35. The minimum Gasteiger partial charge on any atom is -0.397 e. The lowest BCUT2D eigenvalue weighted by Gasteiger charge is -2.06. The highest BCUT2D eigenvalue weighted by Gasteiger charge is 2.14. The fraction of sp³-hybridized carbons (Fsp3) is 0.286. The monoisotopic (exact) mass is 226 g/mol. The van der Waals surface area contributed by atoms with Crippen molar-refractivity contribution in [3.63, 3.8) is 0 Å². The van der Waals surface area contributed by atoms with Gasteiger partial charge >= 0.3 is 0 Å². The van der Waals surface area contributed by atoms with Crippen molar-refractivity contribution in [2.45, 2.75) is 12.3 Å². The minimum absolute atomic E-state index is 0.0381. The van der Waals surface area contributed by atoms with E-state index in [0.717, 1.165) is 6.07 Å². The van der Waals surface area contributed by atoms with E-state index in [2.05, 4.69) is 4.98 Å². The van der Waals surface area contributed by atoms with Gasteiger partial charge < -0.3 is 5.73 Å². The number of hydrogen-bond donors (Lipinski definition) is 1. The van der Waals surface area contributed by atoms with Crippen LogP contribution in [-0.4, -0.2) is 4.98 Å². The number of anilines is 1. The molecule has 0 saturated heterocycles. The van der Waals surface area contributed by atoms with Crippen LogP contribution in [0.3, 0.4) is 0 Å². The van der Waals surface area contributed by atoms with Crippen LogP contribution in [0, 0.1) is 0 Å². The van der Waals surface area contributed by atoms with Gasteiger partial charge in [-0.1, -0.05) is 11.6 Å². The molecule has 72 valence electrons. The van der Waals surface area contributed by atoms with Crippen LogP contribution in [0.15, 0.2) is 6.07 Å². The zero-order valence-electron chi connectivity index (χ0n) is 6.40. The third kappa shape index (κ3) is 2.19. The number of alkyl halides is 3. The molecule has 1 heterocycles. The van der Waals surface area contributed by atoms with Gasteiger partial charge in [-0.2, -0.15) is 0 Å². The molecule has 0 amide bonds. The molecule has 0 unspecified atom stereocenters. The number of pyridine rings is 1. The quantitative estimate of drug-likeness (QED) is 0.788. The van der Waals surface area contributed by atoms with Crippen molar-refractivity contribution in [1.82, 2.24) is 4.98 Å². The van der Waals surface area contributed by atoms with Crippen LogP contribution in [0.4, 0.5) is 14.5 Å². The smallest absolute Gasteiger partial charge is 0.280 e. The predicted molar refractivity (Wildman–Crippen MR) is 48.2 cm³/mol. The maximum absolute atomic E-state index is 12.2. The molecule has 0 aliphatic heterocycles. The Labute approximate surface area is 83.7 Å². The fourth-order valence-corrected chi connectivity index (χ4v) is 1.25. The summed E-state index contributed by atoms with van der Waals surface area (Å²) in [5.41, 5.74) is 5.22. The first-order chi connectivity index (χ1) is 6.06. The van der Waals surface area contributed by atoms with Crippen LogP contribution in [0.5, 0.6) is 0 Å². The van der Waals surface area contributed by atoms with Gasteiger partial charge in [0.1, 0.15) is 5.69 Å². The number of aromatic nitrogens is 1. The molecule has 0 aromatic carbocycles. The number of hydrogen-bond acceptors (Lipinski definition) is 2. The van der Waals surface area contributed by atoms with Crippen molar-refractivity contribution in [3.8, 4) is 0 Å². The van der Waals surface area contributed by atoms with Crippen LogP contribution >= 0.6 is 23.2 Å². The molecule has 1 aromatic rings. The Morgan fingerprint density at radius 3 is 2.62 bits per heavy atom. The lowest BCUT2D eigenvalue weighted by Crippen LogP contribution is -1.99. The highest BCUT2D eigenvalue weighted by Crippen LogP contribution is 2.27. The number of rotatable bonds is 2. The van der Waals surface area contributed by atoms with E-state index in [9.17, 15) is 8.78 Å². The molecule has 0 bridgehead atoms. The first kappa shape index (κ1) is 10.5. The number of halogens is 4. The van der Waals surface area contributed by atoms with Crippen LogP contribution in [-0.2, 0) is 5.88 Å². The first-order valence-corrected chi connectivity index (χ1v) is 4.26.